The van der Waals surface area contributed by atoms with E-state index in [2.05, 4.69) is 15.3 Å². The van der Waals surface area contributed by atoms with Crippen molar-refractivity contribution < 1.29 is 9.47 Å². The van der Waals surface area contributed by atoms with E-state index in [1.54, 1.807) is 19.5 Å². The summed E-state index contributed by atoms with van der Waals surface area (Å²) in [7, 11) is 3.47. The zero-order chi connectivity index (χ0) is 12.8. The Hall–Kier alpha value is -2.14. The maximum atomic E-state index is 5.57. The molecule has 0 aliphatic heterocycles. The Morgan fingerprint density at radius 3 is 2.39 bits per heavy atom. The second kappa shape index (κ2) is 5.97. The lowest BCUT2D eigenvalue weighted by Crippen LogP contribution is -2.06. The predicted molar refractivity (Wildman–Crippen MR) is 67.9 cm³/mol. The quantitative estimate of drug-likeness (QED) is 0.873. The number of benzene rings is 1. The van der Waals surface area contributed by atoms with Gasteiger partial charge < -0.3 is 14.8 Å². The number of rotatable bonds is 5. The number of aromatic nitrogens is 2. The molecule has 1 N–H and O–H groups in total. The molecule has 0 bridgehead atoms. The van der Waals surface area contributed by atoms with Gasteiger partial charge >= 0.3 is 6.01 Å². The van der Waals surface area contributed by atoms with Crippen LogP contribution in [0.3, 0.4) is 0 Å². The van der Waals surface area contributed by atoms with Gasteiger partial charge in [-0.1, -0.05) is 12.1 Å². The van der Waals surface area contributed by atoms with Gasteiger partial charge in [0.05, 0.1) is 7.11 Å². The molecule has 18 heavy (non-hydrogen) atoms. The minimum Gasteiger partial charge on any atom is -0.493 e. The van der Waals surface area contributed by atoms with Gasteiger partial charge in [-0.3, -0.25) is 0 Å². The standard InChI is InChI=1S/C13H15N3O2/c1-14-7-10-8-15-13(16-9-10)18-12-6-4-3-5-11(12)17-2/h3-6,8-9,14H,7H2,1-2H3. The van der Waals surface area contributed by atoms with Crippen LogP contribution in [0.1, 0.15) is 5.56 Å². The topological polar surface area (TPSA) is 56.3 Å². The van der Waals surface area contributed by atoms with Crippen LogP contribution in [0.4, 0.5) is 0 Å². The van der Waals surface area contributed by atoms with Crippen LogP contribution in [0.25, 0.3) is 0 Å². The number of para-hydroxylation sites is 2. The van der Waals surface area contributed by atoms with Crippen molar-refractivity contribution in [3.63, 3.8) is 0 Å². The predicted octanol–water partition coefficient (Wildman–Crippen LogP) is 2.00. The average Bonchev–Trinajstić information content (AvgIpc) is 2.42. The van der Waals surface area contributed by atoms with Gasteiger partial charge in [-0.15, -0.1) is 0 Å². The number of ether oxygens (including phenoxy) is 2. The normalized spacial score (nSPS) is 10.1. The first-order chi connectivity index (χ1) is 8.83. The van der Waals surface area contributed by atoms with Crippen LogP contribution >= 0.6 is 0 Å². The fourth-order valence-electron chi connectivity index (χ4n) is 1.49. The van der Waals surface area contributed by atoms with E-state index in [4.69, 9.17) is 9.47 Å². The summed E-state index contributed by atoms with van der Waals surface area (Å²) in [4.78, 5) is 8.28. The third kappa shape index (κ3) is 2.95. The zero-order valence-electron chi connectivity index (χ0n) is 10.4. The molecule has 0 unspecified atom stereocenters. The first-order valence-electron chi connectivity index (χ1n) is 5.60. The van der Waals surface area contributed by atoms with E-state index in [1.807, 2.05) is 31.3 Å². The van der Waals surface area contributed by atoms with Gasteiger partial charge in [0, 0.05) is 24.5 Å². The van der Waals surface area contributed by atoms with Gasteiger partial charge in [0.2, 0.25) is 0 Å². The Morgan fingerprint density at radius 1 is 1.11 bits per heavy atom. The molecule has 0 aliphatic rings. The molecule has 0 amide bonds. The Labute approximate surface area is 106 Å². The van der Waals surface area contributed by atoms with Crippen molar-refractivity contribution in [2.24, 2.45) is 0 Å². The molecule has 1 aromatic carbocycles. The lowest BCUT2D eigenvalue weighted by atomic mass is 10.3. The zero-order valence-corrected chi connectivity index (χ0v) is 10.4. The molecule has 0 fully saturated rings. The molecule has 0 saturated heterocycles. The van der Waals surface area contributed by atoms with Crippen molar-refractivity contribution >= 4 is 0 Å². The summed E-state index contributed by atoms with van der Waals surface area (Å²) in [5.74, 6) is 1.25. The molecule has 1 heterocycles. The first kappa shape index (κ1) is 12.3. The van der Waals surface area contributed by atoms with Gasteiger partial charge in [-0.2, -0.15) is 0 Å². The van der Waals surface area contributed by atoms with Crippen LogP contribution in [0.15, 0.2) is 36.7 Å². The summed E-state index contributed by atoms with van der Waals surface area (Å²) in [6, 6.07) is 7.68. The minimum atomic E-state index is 0.305. The van der Waals surface area contributed by atoms with Crippen LogP contribution in [0, 0.1) is 0 Å². The van der Waals surface area contributed by atoms with Crippen molar-refractivity contribution in [3.05, 3.63) is 42.2 Å². The van der Waals surface area contributed by atoms with Crippen molar-refractivity contribution in [3.8, 4) is 17.5 Å². The molecular weight excluding hydrogens is 230 g/mol. The van der Waals surface area contributed by atoms with Gasteiger partial charge in [0.1, 0.15) is 0 Å². The summed E-state index contributed by atoms with van der Waals surface area (Å²) >= 11 is 0. The maximum absolute atomic E-state index is 5.57. The highest BCUT2D eigenvalue weighted by Gasteiger charge is 2.06. The highest BCUT2D eigenvalue weighted by Crippen LogP contribution is 2.28. The molecule has 5 nitrogen and oxygen atoms in total. The molecule has 5 heteroatoms. The van der Waals surface area contributed by atoms with Gasteiger partial charge in [0.25, 0.3) is 0 Å². The number of nitrogens with one attached hydrogen (secondary N) is 1. The second-order valence-electron chi connectivity index (χ2n) is 3.66. The summed E-state index contributed by atoms with van der Waals surface area (Å²) < 4.78 is 10.8. The van der Waals surface area contributed by atoms with E-state index in [0.717, 1.165) is 12.1 Å². The molecular formula is C13H15N3O2. The largest absolute Gasteiger partial charge is 0.493 e. The molecule has 0 aliphatic carbocycles. The van der Waals surface area contributed by atoms with E-state index in [9.17, 15) is 0 Å². The Balaban J connectivity index is 2.13. The van der Waals surface area contributed by atoms with E-state index < -0.39 is 0 Å². The number of hydrogen-bond acceptors (Lipinski definition) is 5. The first-order valence-corrected chi connectivity index (χ1v) is 5.60. The van der Waals surface area contributed by atoms with Gasteiger partial charge in [0.15, 0.2) is 11.5 Å². The number of nitrogens with zero attached hydrogens (tertiary/aromatic N) is 2. The van der Waals surface area contributed by atoms with E-state index >= 15 is 0 Å². The highest BCUT2D eigenvalue weighted by atomic mass is 16.5. The van der Waals surface area contributed by atoms with E-state index in [0.29, 0.717) is 17.5 Å². The monoisotopic (exact) mass is 245 g/mol. The van der Waals surface area contributed by atoms with Crippen molar-refractivity contribution in [1.82, 2.24) is 15.3 Å². The number of methoxy groups -OCH3 is 1. The number of hydrogen-bond donors (Lipinski definition) is 1. The van der Waals surface area contributed by atoms with Gasteiger partial charge in [-0.25, -0.2) is 9.97 Å². The molecule has 94 valence electrons. The minimum absolute atomic E-state index is 0.305. The fourth-order valence-corrected chi connectivity index (χ4v) is 1.49. The van der Waals surface area contributed by atoms with E-state index in [-0.39, 0.29) is 0 Å². The van der Waals surface area contributed by atoms with Gasteiger partial charge in [-0.05, 0) is 19.2 Å². The molecule has 0 radical (unpaired) electrons. The van der Waals surface area contributed by atoms with Crippen LogP contribution in [0.5, 0.6) is 17.5 Å². The Bertz CT molecular complexity index is 500. The average molecular weight is 245 g/mol. The smallest absolute Gasteiger partial charge is 0.322 e. The fraction of sp³-hybridized carbons (Fsp3) is 0.231. The summed E-state index contributed by atoms with van der Waals surface area (Å²) in [5, 5.41) is 3.03. The molecule has 2 aromatic rings. The third-order valence-electron chi connectivity index (χ3n) is 2.33. The maximum Gasteiger partial charge on any atom is 0.322 e. The highest BCUT2D eigenvalue weighted by molar-refractivity contribution is 5.40. The van der Waals surface area contributed by atoms with Crippen LogP contribution in [-0.4, -0.2) is 24.1 Å². The second-order valence-corrected chi connectivity index (χ2v) is 3.66. The lowest BCUT2D eigenvalue weighted by Gasteiger charge is -2.08. The van der Waals surface area contributed by atoms with Crippen molar-refractivity contribution in [2.75, 3.05) is 14.2 Å². The van der Waals surface area contributed by atoms with Crippen LogP contribution < -0.4 is 14.8 Å². The van der Waals surface area contributed by atoms with Crippen molar-refractivity contribution in [2.45, 2.75) is 6.54 Å². The summed E-state index contributed by atoms with van der Waals surface area (Å²) in [6.45, 7) is 0.731. The molecule has 0 saturated carbocycles. The van der Waals surface area contributed by atoms with E-state index in [1.165, 1.54) is 0 Å². The molecule has 2 rings (SSSR count). The Morgan fingerprint density at radius 2 is 1.78 bits per heavy atom. The molecule has 1 aromatic heterocycles. The van der Waals surface area contributed by atoms with Crippen LogP contribution in [-0.2, 0) is 6.54 Å². The summed E-state index contributed by atoms with van der Waals surface area (Å²) in [6.07, 6.45) is 3.46. The summed E-state index contributed by atoms with van der Waals surface area (Å²) in [5.41, 5.74) is 1.00. The molecule has 0 atom stereocenters. The SMILES string of the molecule is CNCc1cnc(Oc2ccccc2OC)nc1. The van der Waals surface area contributed by atoms with Crippen LogP contribution in [0.2, 0.25) is 0 Å². The third-order valence-corrected chi connectivity index (χ3v) is 2.33. The Kier molecular flexibility index (Phi) is 4.09. The lowest BCUT2D eigenvalue weighted by molar-refractivity contribution is 0.368. The van der Waals surface area contributed by atoms with Crippen molar-refractivity contribution in [1.29, 1.82) is 0 Å². The molecule has 0 spiro atoms.